The van der Waals surface area contributed by atoms with E-state index in [2.05, 4.69) is 20.8 Å². The van der Waals surface area contributed by atoms with Crippen LogP contribution >= 0.6 is 22.6 Å². The van der Waals surface area contributed by atoms with Crippen molar-refractivity contribution in [2.75, 3.05) is 7.05 Å². The molecular weight excluding hydrogens is 344 g/mol. The second-order valence-electron chi connectivity index (χ2n) is 5.58. The van der Waals surface area contributed by atoms with E-state index in [9.17, 15) is 9.18 Å². The fraction of sp³-hybridized carbons (Fsp3) is 0.500. The van der Waals surface area contributed by atoms with E-state index in [4.69, 9.17) is 0 Å². The molecule has 1 unspecified atom stereocenters. The van der Waals surface area contributed by atoms with Gasteiger partial charge >= 0.3 is 0 Å². The van der Waals surface area contributed by atoms with Crippen LogP contribution in [-0.2, 0) is 0 Å². The average Bonchev–Trinajstić information content (AvgIpc) is 2.25. The van der Waals surface area contributed by atoms with Gasteiger partial charge in [0.1, 0.15) is 5.82 Å². The number of rotatable bonds is 2. The topological polar surface area (TPSA) is 20.3 Å². The van der Waals surface area contributed by atoms with Gasteiger partial charge in [-0.2, -0.15) is 0 Å². The summed E-state index contributed by atoms with van der Waals surface area (Å²) >= 11 is 1.99. The van der Waals surface area contributed by atoms with Crippen molar-refractivity contribution in [3.05, 3.63) is 33.1 Å². The molecular formula is C14H19FINO. The normalized spacial score (nSPS) is 13.3. The number of hydrogen-bond donors (Lipinski definition) is 0. The number of halogens is 2. The van der Waals surface area contributed by atoms with Gasteiger partial charge in [0.2, 0.25) is 0 Å². The highest BCUT2D eigenvalue weighted by Gasteiger charge is 2.28. The van der Waals surface area contributed by atoms with Gasteiger partial charge < -0.3 is 4.90 Å². The van der Waals surface area contributed by atoms with E-state index in [1.54, 1.807) is 18.0 Å². The first-order valence-electron chi connectivity index (χ1n) is 5.87. The molecule has 0 aliphatic rings. The van der Waals surface area contributed by atoms with Crippen LogP contribution in [0.2, 0.25) is 0 Å². The van der Waals surface area contributed by atoms with Gasteiger partial charge in [-0.25, -0.2) is 4.39 Å². The highest BCUT2D eigenvalue weighted by Crippen LogP contribution is 2.25. The number of benzene rings is 1. The van der Waals surface area contributed by atoms with Crippen molar-refractivity contribution in [3.8, 4) is 0 Å². The van der Waals surface area contributed by atoms with E-state index in [1.807, 2.05) is 29.5 Å². The molecule has 0 saturated carbocycles. The third-order valence-corrected chi connectivity index (χ3v) is 4.21. The summed E-state index contributed by atoms with van der Waals surface area (Å²) in [5, 5.41) is 0. The van der Waals surface area contributed by atoms with Crippen molar-refractivity contribution in [2.45, 2.75) is 33.7 Å². The Labute approximate surface area is 122 Å². The molecule has 1 amide bonds. The number of hydrogen-bond acceptors (Lipinski definition) is 1. The minimum Gasteiger partial charge on any atom is -0.338 e. The Morgan fingerprint density at radius 1 is 1.39 bits per heavy atom. The maximum absolute atomic E-state index is 13.0. The zero-order chi connectivity index (χ0) is 14.1. The summed E-state index contributed by atoms with van der Waals surface area (Å²) in [6.07, 6.45) is 0. The van der Waals surface area contributed by atoms with Crippen LogP contribution in [0.1, 0.15) is 38.1 Å². The van der Waals surface area contributed by atoms with Crippen molar-refractivity contribution >= 4 is 28.5 Å². The van der Waals surface area contributed by atoms with Gasteiger partial charge in [0.05, 0.1) is 5.56 Å². The fourth-order valence-corrected chi connectivity index (χ4v) is 2.32. The lowest BCUT2D eigenvalue weighted by molar-refractivity contribution is 0.0628. The van der Waals surface area contributed by atoms with Crippen molar-refractivity contribution in [2.24, 2.45) is 5.41 Å². The average molecular weight is 363 g/mol. The summed E-state index contributed by atoms with van der Waals surface area (Å²) in [5.41, 5.74) is 0.561. The van der Waals surface area contributed by atoms with Gasteiger partial charge in [0, 0.05) is 16.7 Å². The van der Waals surface area contributed by atoms with E-state index >= 15 is 0 Å². The lowest BCUT2D eigenvalue weighted by Crippen LogP contribution is -2.43. The molecule has 0 fully saturated rings. The van der Waals surface area contributed by atoms with E-state index in [1.165, 1.54) is 12.1 Å². The van der Waals surface area contributed by atoms with Crippen LogP contribution in [-0.4, -0.2) is 23.9 Å². The zero-order valence-electron chi connectivity index (χ0n) is 11.4. The van der Waals surface area contributed by atoms with Gasteiger partial charge in [0.25, 0.3) is 5.91 Å². The lowest BCUT2D eigenvalue weighted by Gasteiger charge is -2.35. The number of nitrogens with zero attached hydrogens (tertiary/aromatic N) is 1. The molecule has 4 heteroatoms. The van der Waals surface area contributed by atoms with Crippen LogP contribution in [0.25, 0.3) is 0 Å². The highest BCUT2D eigenvalue weighted by molar-refractivity contribution is 14.1. The molecule has 18 heavy (non-hydrogen) atoms. The molecule has 0 bridgehead atoms. The predicted octanol–water partition coefficient (Wildman–Crippen LogP) is 3.94. The Kier molecular flexibility index (Phi) is 4.75. The molecule has 0 aliphatic carbocycles. The summed E-state index contributed by atoms with van der Waals surface area (Å²) in [6.45, 7) is 8.31. The smallest absolute Gasteiger partial charge is 0.254 e. The minimum atomic E-state index is -0.317. The first kappa shape index (κ1) is 15.4. The van der Waals surface area contributed by atoms with Crippen molar-refractivity contribution in [1.82, 2.24) is 4.90 Å². The monoisotopic (exact) mass is 363 g/mol. The third-order valence-electron chi connectivity index (χ3n) is 3.32. The first-order valence-corrected chi connectivity index (χ1v) is 6.94. The molecule has 1 rings (SSSR count). The molecule has 0 aromatic heterocycles. The van der Waals surface area contributed by atoms with Crippen LogP contribution in [0.4, 0.5) is 4.39 Å². The largest absolute Gasteiger partial charge is 0.338 e. The second kappa shape index (κ2) is 5.55. The van der Waals surface area contributed by atoms with E-state index in [0.717, 1.165) is 0 Å². The van der Waals surface area contributed by atoms with Gasteiger partial charge in [-0.3, -0.25) is 4.79 Å². The Hall–Kier alpha value is -0.650. The number of carbonyl (C=O) groups is 1. The SMILES string of the molecule is CC(N(C)C(=O)c1ccc(F)cc1I)C(C)(C)C. The summed E-state index contributed by atoms with van der Waals surface area (Å²) in [6, 6.07) is 4.35. The Bertz CT molecular complexity index is 454. The predicted molar refractivity (Wildman–Crippen MR) is 80.1 cm³/mol. The first-order chi connectivity index (χ1) is 8.14. The molecule has 0 radical (unpaired) electrons. The lowest BCUT2D eigenvalue weighted by atomic mass is 9.87. The molecule has 1 aromatic rings. The van der Waals surface area contributed by atoms with Crippen LogP contribution in [0.15, 0.2) is 18.2 Å². The summed E-state index contributed by atoms with van der Waals surface area (Å²) in [5.74, 6) is -0.385. The maximum Gasteiger partial charge on any atom is 0.254 e. The van der Waals surface area contributed by atoms with E-state index < -0.39 is 0 Å². The molecule has 2 nitrogen and oxygen atoms in total. The molecule has 0 heterocycles. The Balaban J connectivity index is 3.00. The third kappa shape index (κ3) is 3.43. The molecule has 0 saturated heterocycles. The molecule has 0 spiro atoms. The summed E-state index contributed by atoms with van der Waals surface area (Å²) in [4.78, 5) is 14.1. The van der Waals surface area contributed by atoms with Crippen LogP contribution < -0.4 is 0 Å². The van der Waals surface area contributed by atoms with Crippen LogP contribution in [0.5, 0.6) is 0 Å². The van der Waals surface area contributed by atoms with E-state index in [0.29, 0.717) is 9.13 Å². The number of carbonyl (C=O) groups excluding carboxylic acids is 1. The van der Waals surface area contributed by atoms with Crippen LogP contribution in [0.3, 0.4) is 0 Å². The standard InChI is InChI=1S/C14H19FINO/c1-9(14(2,3)4)17(5)13(18)11-7-6-10(15)8-12(11)16/h6-9H,1-5H3. The Morgan fingerprint density at radius 3 is 2.39 bits per heavy atom. The van der Waals surface area contributed by atoms with Gasteiger partial charge in [-0.15, -0.1) is 0 Å². The van der Waals surface area contributed by atoms with Gasteiger partial charge in [-0.1, -0.05) is 20.8 Å². The summed E-state index contributed by atoms with van der Waals surface area (Å²) < 4.78 is 13.7. The second-order valence-corrected chi connectivity index (χ2v) is 6.74. The van der Waals surface area contributed by atoms with Crippen molar-refractivity contribution < 1.29 is 9.18 Å². The maximum atomic E-state index is 13.0. The van der Waals surface area contributed by atoms with E-state index in [-0.39, 0.29) is 23.2 Å². The highest BCUT2D eigenvalue weighted by atomic mass is 127. The molecule has 1 atom stereocenters. The molecule has 0 N–H and O–H groups in total. The Morgan fingerprint density at radius 2 is 1.94 bits per heavy atom. The molecule has 0 aliphatic heterocycles. The zero-order valence-corrected chi connectivity index (χ0v) is 13.6. The molecule has 1 aromatic carbocycles. The van der Waals surface area contributed by atoms with Gasteiger partial charge in [0.15, 0.2) is 0 Å². The van der Waals surface area contributed by atoms with Gasteiger partial charge in [-0.05, 0) is 53.1 Å². The minimum absolute atomic E-state index is 0.00980. The molecule has 100 valence electrons. The van der Waals surface area contributed by atoms with Crippen molar-refractivity contribution in [3.63, 3.8) is 0 Å². The fourth-order valence-electron chi connectivity index (χ4n) is 1.61. The summed E-state index contributed by atoms with van der Waals surface area (Å²) in [7, 11) is 1.79. The van der Waals surface area contributed by atoms with Crippen molar-refractivity contribution in [1.29, 1.82) is 0 Å². The number of amides is 1. The van der Waals surface area contributed by atoms with Crippen LogP contribution in [0, 0.1) is 14.8 Å². The quantitative estimate of drug-likeness (QED) is 0.729.